The van der Waals surface area contributed by atoms with Gasteiger partial charge in [-0.15, -0.1) is 0 Å². The number of urea groups is 1. The lowest BCUT2D eigenvalue weighted by Gasteiger charge is -2.07. The summed E-state index contributed by atoms with van der Waals surface area (Å²) in [6.45, 7) is 3.55. The molecule has 0 aliphatic heterocycles. The Morgan fingerprint density at radius 2 is 1.74 bits per heavy atom. The number of hydrogen-bond acceptors (Lipinski definition) is 5. The number of esters is 2. The third kappa shape index (κ3) is 8.92. The van der Waals surface area contributed by atoms with Crippen LogP contribution in [0.2, 0.25) is 0 Å². The van der Waals surface area contributed by atoms with Gasteiger partial charge in [-0.25, -0.2) is 14.4 Å². The van der Waals surface area contributed by atoms with Gasteiger partial charge in [0.2, 0.25) is 0 Å². The summed E-state index contributed by atoms with van der Waals surface area (Å²) in [5, 5.41) is 5.16. The van der Waals surface area contributed by atoms with Crippen molar-refractivity contribution in [2.45, 2.75) is 20.0 Å². The highest BCUT2D eigenvalue weighted by atomic mass is 16.5. The van der Waals surface area contributed by atoms with E-state index in [1.165, 1.54) is 0 Å². The van der Waals surface area contributed by atoms with Crippen molar-refractivity contribution in [3.8, 4) is 0 Å². The Hall–Kier alpha value is -2.83. The standard InChI is InChI=1S/C16H20N2O5/c1-12(2)23-15(20)9-8-14(19)22-11-10-17-16(21)18-13-6-4-3-5-7-13/h3-9,12H,10-11H2,1-2H3,(H2,17,18,21)/b9-8+. The molecule has 0 aromatic heterocycles. The maximum absolute atomic E-state index is 11.5. The van der Waals surface area contributed by atoms with Gasteiger partial charge in [0.25, 0.3) is 0 Å². The van der Waals surface area contributed by atoms with Crippen LogP contribution in [0.15, 0.2) is 42.5 Å². The molecule has 7 nitrogen and oxygen atoms in total. The lowest BCUT2D eigenvalue weighted by Crippen LogP contribution is -2.31. The minimum atomic E-state index is -0.684. The number of carbonyl (C=O) groups excluding carboxylic acids is 3. The summed E-state index contributed by atoms with van der Waals surface area (Å²) in [5.41, 5.74) is 0.661. The van der Waals surface area contributed by atoms with Gasteiger partial charge in [0.05, 0.1) is 12.6 Å². The van der Waals surface area contributed by atoms with Crippen LogP contribution in [0.5, 0.6) is 0 Å². The fraction of sp³-hybridized carbons (Fsp3) is 0.312. The Balaban J connectivity index is 2.16. The van der Waals surface area contributed by atoms with E-state index in [-0.39, 0.29) is 19.3 Å². The summed E-state index contributed by atoms with van der Waals surface area (Å²) in [5.74, 6) is -1.30. The molecule has 0 saturated heterocycles. The molecule has 0 heterocycles. The van der Waals surface area contributed by atoms with Gasteiger partial charge in [0.15, 0.2) is 0 Å². The summed E-state index contributed by atoms with van der Waals surface area (Å²) in [6, 6.07) is 8.54. The average Bonchev–Trinajstić information content (AvgIpc) is 2.50. The third-order valence-electron chi connectivity index (χ3n) is 2.37. The van der Waals surface area contributed by atoms with E-state index in [1.54, 1.807) is 38.1 Å². The molecule has 23 heavy (non-hydrogen) atoms. The normalized spacial score (nSPS) is 10.4. The van der Waals surface area contributed by atoms with Crippen LogP contribution in [0.25, 0.3) is 0 Å². The first-order chi connectivity index (χ1) is 11.0. The van der Waals surface area contributed by atoms with E-state index in [0.29, 0.717) is 5.69 Å². The maximum Gasteiger partial charge on any atom is 0.331 e. The topological polar surface area (TPSA) is 93.7 Å². The van der Waals surface area contributed by atoms with Gasteiger partial charge in [0.1, 0.15) is 6.61 Å². The SMILES string of the molecule is CC(C)OC(=O)/C=C/C(=O)OCCNC(=O)Nc1ccccc1. The number of nitrogens with one attached hydrogen (secondary N) is 2. The highest BCUT2D eigenvalue weighted by Crippen LogP contribution is 2.03. The molecule has 2 N–H and O–H groups in total. The van der Waals surface area contributed by atoms with E-state index in [2.05, 4.69) is 10.6 Å². The molecule has 7 heteroatoms. The molecular weight excluding hydrogens is 300 g/mol. The van der Waals surface area contributed by atoms with Gasteiger partial charge in [-0.3, -0.25) is 0 Å². The number of ether oxygens (including phenoxy) is 2. The van der Waals surface area contributed by atoms with Crippen molar-refractivity contribution < 1.29 is 23.9 Å². The molecule has 0 aliphatic carbocycles. The highest BCUT2D eigenvalue weighted by molar-refractivity contribution is 5.91. The van der Waals surface area contributed by atoms with E-state index < -0.39 is 18.0 Å². The Kier molecular flexibility index (Phi) is 7.91. The Morgan fingerprint density at radius 3 is 2.39 bits per heavy atom. The van der Waals surface area contributed by atoms with E-state index in [1.807, 2.05) is 6.07 Å². The zero-order valence-corrected chi connectivity index (χ0v) is 13.1. The molecule has 0 aliphatic rings. The molecule has 124 valence electrons. The van der Waals surface area contributed by atoms with E-state index in [9.17, 15) is 14.4 Å². The molecule has 0 spiro atoms. The number of benzene rings is 1. The summed E-state index contributed by atoms with van der Waals surface area (Å²) in [4.78, 5) is 34.0. The smallest absolute Gasteiger partial charge is 0.331 e. The molecule has 2 amide bonds. The van der Waals surface area contributed by atoms with E-state index >= 15 is 0 Å². The molecule has 0 unspecified atom stereocenters. The quantitative estimate of drug-likeness (QED) is 0.454. The molecule has 0 fully saturated rings. The van der Waals surface area contributed by atoms with Gasteiger partial charge in [-0.2, -0.15) is 0 Å². The number of anilines is 1. The van der Waals surface area contributed by atoms with Gasteiger partial charge in [-0.05, 0) is 26.0 Å². The predicted molar refractivity (Wildman–Crippen MR) is 84.8 cm³/mol. The minimum absolute atomic E-state index is 0.00931. The largest absolute Gasteiger partial charge is 0.461 e. The number of para-hydroxylation sites is 1. The Morgan fingerprint density at radius 1 is 1.09 bits per heavy atom. The second-order valence-electron chi connectivity index (χ2n) is 4.73. The Bertz CT molecular complexity index is 555. The second kappa shape index (κ2) is 9.99. The number of rotatable bonds is 7. The van der Waals surface area contributed by atoms with Crippen LogP contribution in [0, 0.1) is 0 Å². The molecule has 0 radical (unpaired) electrons. The average molecular weight is 320 g/mol. The zero-order chi connectivity index (χ0) is 17.1. The summed E-state index contributed by atoms with van der Waals surface area (Å²) in [7, 11) is 0. The first kappa shape index (κ1) is 18.2. The lowest BCUT2D eigenvalue weighted by molar-refractivity contribution is -0.142. The van der Waals surface area contributed by atoms with E-state index in [4.69, 9.17) is 9.47 Å². The first-order valence-corrected chi connectivity index (χ1v) is 7.12. The summed E-state index contributed by atoms with van der Waals surface area (Å²) < 4.78 is 9.64. The molecule has 0 atom stereocenters. The minimum Gasteiger partial charge on any atom is -0.461 e. The molecular formula is C16H20N2O5. The molecule has 1 aromatic carbocycles. The van der Waals surface area contributed by atoms with Gasteiger partial charge in [0, 0.05) is 17.8 Å². The maximum atomic E-state index is 11.5. The fourth-order valence-corrected chi connectivity index (χ4v) is 1.47. The van der Waals surface area contributed by atoms with Crippen LogP contribution in [-0.4, -0.2) is 37.2 Å². The molecule has 0 saturated carbocycles. The van der Waals surface area contributed by atoms with Crippen LogP contribution in [0.1, 0.15) is 13.8 Å². The van der Waals surface area contributed by atoms with Gasteiger partial charge >= 0.3 is 18.0 Å². The fourth-order valence-electron chi connectivity index (χ4n) is 1.47. The second-order valence-corrected chi connectivity index (χ2v) is 4.73. The first-order valence-electron chi connectivity index (χ1n) is 7.12. The Labute approximate surface area is 134 Å². The van der Waals surface area contributed by atoms with Crippen molar-refractivity contribution in [1.82, 2.24) is 5.32 Å². The van der Waals surface area contributed by atoms with Gasteiger partial charge < -0.3 is 20.1 Å². The highest BCUT2D eigenvalue weighted by Gasteiger charge is 2.04. The predicted octanol–water partition coefficient (Wildman–Crippen LogP) is 1.86. The van der Waals surface area contributed by atoms with Crippen molar-refractivity contribution in [2.24, 2.45) is 0 Å². The van der Waals surface area contributed by atoms with Gasteiger partial charge in [-0.1, -0.05) is 18.2 Å². The van der Waals surface area contributed by atoms with Crippen LogP contribution in [0.3, 0.4) is 0 Å². The summed E-state index contributed by atoms with van der Waals surface area (Å²) in [6.07, 6.45) is 1.72. The molecule has 0 bridgehead atoms. The molecule has 1 rings (SSSR count). The van der Waals surface area contributed by atoms with Crippen LogP contribution >= 0.6 is 0 Å². The number of amides is 2. The van der Waals surface area contributed by atoms with E-state index in [0.717, 1.165) is 12.2 Å². The number of hydrogen-bond donors (Lipinski definition) is 2. The van der Waals surface area contributed by atoms with Crippen molar-refractivity contribution in [3.05, 3.63) is 42.5 Å². The third-order valence-corrected chi connectivity index (χ3v) is 2.37. The summed E-state index contributed by atoms with van der Waals surface area (Å²) >= 11 is 0. The van der Waals surface area contributed by atoms with Crippen molar-refractivity contribution in [2.75, 3.05) is 18.5 Å². The molecule has 1 aromatic rings. The van der Waals surface area contributed by atoms with Crippen molar-refractivity contribution >= 4 is 23.7 Å². The van der Waals surface area contributed by atoms with Crippen LogP contribution in [-0.2, 0) is 19.1 Å². The lowest BCUT2D eigenvalue weighted by atomic mass is 10.3. The number of carbonyl (C=O) groups is 3. The van der Waals surface area contributed by atoms with Crippen molar-refractivity contribution in [3.63, 3.8) is 0 Å². The van der Waals surface area contributed by atoms with Crippen molar-refractivity contribution in [1.29, 1.82) is 0 Å². The van der Waals surface area contributed by atoms with Crippen LogP contribution in [0.4, 0.5) is 10.5 Å². The zero-order valence-electron chi connectivity index (χ0n) is 13.1. The monoisotopic (exact) mass is 320 g/mol. The van der Waals surface area contributed by atoms with Crippen LogP contribution < -0.4 is 10.6 Å².